The lowest BCUT2D eigenvalue weighted by Crippen LogP contribution is -2.40. The smallest absolute Gasteiger partial charge is 0.193 e. The van der Waals surface area contributed by atoms with E-state index < -0.39 is 0 Å². The van der Waals surface area contributed by atoms with Crippen LogP contribution in [-0.2, 0) is 11.3 Å². The SMILES string of the molecule is CCNC(=NCC1CCN(CCOC)CC1)N(C)Cc1cc(OC)c(OC)cc1C. The Morgan fingerprint density at radius 1 is 1.17 bits per heavy atom. The fourth-order valence-electron chi connectivity index (χ4n) is 3.82. The third-order valence-corrected chi connectivity index (χ3v) is 5.76. The number of rotatable bonds is 10. The zero-order chi connectivity index (χ0) is 21.9. The molecule has 0 amide bonds. The van der Waals surface area contributed by atoms with Gasteiger partial charge in [-0.1, -0.05) is 0 Å². The first kappa shape index (κ1) is 24.3. The van der Waals surface area contributed by atoms with Crippen molar-refractivity contribution in [2.75, 3.05) is 67.7 Å². The number of hydrogen-bond acceptors (Lipinski definition) is 5. The van der Waals surface area contributed by atoms with Gasteiger partial charge >= 0.3 is 0 Å². The number of nitrogens with one attached hydrogen (secondary N) is 1. The largest absolute Gasteiger partial charge is 0.493 e. The minimum absolute atomic E-state index is 0.647. The Balaban J connectivity index is 1.98. The van der Waals surface area contributed by atoms with Crippen LogP contribution in [0.5, 0.6) is 11.5 Å². The quantitative estimate of drug-likeness (QED) is 0.464. The Morgan fingerprint density at radius 2 is 1.83 bits per heavy atom. The van der Waals surface area contributed by atoms with Crippen LogP contribution in [0.3, 0.4) is 0 Å². The van der Waals surface area contributed by atoms with Gasteiger partial charge < -0.3 is 29.3 Å². The summed E-state index contributed by atoms with van der Waals surface area (Å²) < 4.78 is 16.1. The monoisotopic (exact) mass is 420 g/mol. The highest BCUT2D eigenvalue weighted by molar-refractivity contribution is 5.79. The van der Waals surface area contributed by atoms with E-state index in [2.05, 4.69) is 42.1 Å². The maximum Gasteiger partial charge on any atom is 0.193 e. The molecule has 0 unspecified atom stereocenters. The van der Waals surface area contributed by atoms with Gasteiger partial charge in [-0.05, 0) is 69.0 Å². The molecule has 0 aliphatic carbocycles. The summed E-state index contributed by atoms with van der Waals surface area (Å²) in [7, 11) is 7.20. The predicted molar refractivity (Wildman–Crippen MR) is 123 cm³/mol. The summed E-state index contributed by atoms with van der Waals surface area (Å²) in [6.07, 6.45) is 2.40. The van der Waals surface area contributed by atoms with E-state index >= 15 is 0 Å². The fourth-order valence-corrected chi connectivity index (χ4v) is 3.82. The van der Waals surface area contributed by atoms with Crippen LogP contribution in [0.1, 0.15) is 30.9 Å². The van der Waals surface area contributed by atoms with Gasteiger partial charge in [0.1, 0.15) is 0 Å². The number of aliphatic imine (C=N–C) groups is 1. The second kappa shape index (κ2) is 12.6. The first-order chi connectivity index (χ1) is 14.5. The van der Waals surface area contributed by atoms with Crippen LogP contribution in [0.2, 0.25) is 0 Å². The number of nitrogens with zero attached hydrogens (tertiary/aromatic N) is 3. The molecule has 1 aromatic rings. The van der Waals surface area contributed by atoms with Crippen molar-refractivity contribution in [3.63, 3.8) is 0 Å². The normalized spacial score (nSPS) is 15.9. The van der Waals surface area contributed by atoms with Crippen molar-refractivity contribution >= 4 is 5.96 Å². The average Bonchev–Trinajstić information content (AvgIpc) is 2.76. The van der Waals surface area contributed by atoms with Gasteiger partial charge in [0.15, 0.2) is 17.5 Å². The molecule has 0 saturated carbocycles. The van der Waals surface area contributed by atoms with Gasteiger partial charge in [-0.3, -0.25) is 4.99 Å². The zero-order valence-corrected chi connectivity index (χ0v) is 19.7. The molecular formula is C23H40N4O3. The Morgan fingerprint density at radius 3 is 2.43 bits per heavy atom. The summed E-state index contributed by atoms with van der Waals surface area (Å²) >= 11 is 0. The number of benzene rings is 1. The molecule has 7 nitrogen and oxygen atoms in total. The van der Waals surface area contributed by atoms with E-state index in [1.807, 2.05) is 6.07 Å². The Hall–Kier alpha value is -1.99. The summed E-state index contributed by atoms with van der Waals surface area (Å²) in [4.78, 5) is 9.63. The molecule has 2 rings (SSSR count). The Bertz CT molecular complexity index is 673. The maximum atomic E-state index is 5.48. The van der Waals surface area contributed by atoms with Gasteiger partial charge in [0.2, 0.25) is 0 Å². The Kier molecular flexibility index (Phi) is 10.2. The number of methoxy groups -OCH3 is 3. The van der Waals surface area contributed by atoms with Gasteiger partial charge in [-0.2, -0.15) is 0 Å². The molecular weight excluding hydrogens is 380 g/mol. The van der Waals surface area contributed by atoms with Crippen molar-refractivity contribution in [2.45, 2.75) is 33.2 Å². The lowest BCUT2D eigenvalue weighted by atomic mass is 9.97. The third-order valence-electron chi connectivity index (χ3n) is 5.76. The van der Waals surface area contributed by atoms with Crippen LogP contribution >= 0.6 is 0 Å². The second-order valence-corrected chi connectivity index (χ2v) is 7.96. The molecule has 0 bridgehead atoms. The summed E-state index contributed by atoms with van der Waals surface area (Å²) in [6.45, 7) is 10.8. The van der Waals surface area contributed by atoms with Crippen LogP contribution in [0.25, 0.3) is 0 Å². The van der Waals surface area contributed by atoms with Crippen LogP contribution in [0.4, 0.5) is 0 Å². The molecule has 1 N–H and O–H groups in total. The van der Waals surface area contributed by atoms with Gasteiger partial charge in [-0.25, -0.2) is 0 Å². The first-order valence-corrected chi connectivity index (χ1v) is 10.9. The van der Waals surface area contributed by atoms with E-state index in [0.717, 1.165) is 63.3 Å². The number of hydrogen-bond donors (Lipinski definition) is 1. The van der Waals surface area contributed by atoms with Crippen LogP contribution in [0.15, 0.2) is 17.1 Å². The minimum Gasteiger partial charge on any atom is -0.493 e. The highest BCUT2D eigenvalue weighted by Gasteiger charge is 2.19. The Labute approximate surface area is 182 Å². The number of piperidine rings is 1. The summed E-state index contributed by atoms with van der Waals surface area (Å²) in [5.74, 6) is 3.12. The molecule has 1 saturated heterocycles. The minimum atomic E-state index is 0.647. The van der Waals surface area contributed by atoms with Gasteiger partial charge in [0.05, 0.1) is 20.8 Å². The topological polar surface area (TPSA) is 58.6 Å². The van der Waals surface area contributed by atoms with E-state index in [1.165, 1.54) is 24.0 Å². The zero-order valence-electron chi connectivity index (χ0n) is 19.7. The standard InChI is InChI=1S/C23H40N4O3/c1-7-24-23(25-16-19-8-10-27(11-9-19)12-13-28-4)26(3)17-20-15-22(30-6)21(29-5)14-18(20)2/h14-15,19H,7-13,16-17H2,1-6H3,(H,24,25). The van der Waals surface area contributed by atoms with Crippen molar-refractivity contribution in [3.8, 4) is 11.5 Å². The molecule has 1 aromatic carbocycles. The molecule has 1 aliphatic heterocycles. The van der Waals surface area contributed by atoms with Crippen LogP contribution in [-0.4, -0.2) is 83.5 Å². The van der Waals surface area contributed by atoms with E-state index in [9.17, 15) is 0 Å². The van der Waals surface area contributed by atoms with Crippen molar-refractivity contribution in [1.82, 2.24) is 15.1 Å². The third kappa shape index (κ3) is 7.06. The van der Waals surface area contributed by atoms with E-state index in [4.69, 9.17) is 19.2 Å². The number of ether oxygens (including phenoxy) is 3. The molecule has 1 fully saturated rings. The lowest BCUT2D eigenvalue weighted by Gasteiger charge is -2.31. The van der Waals surface area contributed by atoms with Crippen LogP contribution in [0, 0.1) is 12.8 Å². The number of likely N-dealkylation sites (tertiary alicyclic amines) is 1. The van der Waals surface area contributed by atoms with E-state index in [1.54, 1.807) is 21.3 Å². The molecule has 0 aromatic heterocycles. The van der Waals surface area contributed by atoms with Crippen molar-refractivity contribution in [3.05, 3.63) is 23.3 Å². The molecule has 0 spiro atoms. The summed E-state index contributed by atoms with van der Waals surface area (Å²) in [6, 6.07) is 4.09. The summed E-state index contributed by atoms with van der Waals surface area (Å²) in [5, 5.41) is 3.44. The number of guanidine groups is 1. The van der Waals surface area contributed by atoms with Gasteiger partial charge in [0.25, 0.3) is 0 Å². The highest BCUT2D eigenvalue weighted by Crippen LogP contribution is 2.30. The van der Waals surface area contributed by atoms with Gasteiger partial charge in [-0.15, -0.1) is 0 Å². The average molecular weight is 421 g/mol. The predicted octanol–water partition coefficient (Wildman–Crippen LogP) is 2.77. The number of aryl methyl sites for hydroxylation is 1. The summed E-state index contributed by atoms with van der Waals surface area (Å²) in [5.41, 5.74) is 2.38. The second-order valence-electron chi connectivity index (χ2n) is 7.96. The van der Waals surface area contributed by atoms with E-state index in [0.29, 0.717) is 5.92 Å². The van der Waals surface area contributed by atoms with Crippen molar-refractivity contribution in [2.24, 2.45) is 10.9 Å². The molecule has 0 atom stereocenters. The van der Waals surface area contributed by atoms with Crippen molar-refractivity contribution in [1.29, 1.82) is 0 Å². The molecule has 1 heterocycles. The van der Waals surface area contributed by atoms with E-state index in [-0.39, 0.29) is 0 Å². The molecule has 1 aliphatic rings. The first-order valence-electron chi connectivity index (χ1n) is 10.9. The molecule has 7 heteroatoms. The maximum absolute atomic E-state index is 5.48. The lowest BCUT2D eigenvalue weighted by molar-refractivity contribution is 0.121. The molecule has 30 heavy (non-hydrogen) atoms. The fraction of sp³-hybridized carbons (Fsp3) is 0.696. The highest BCUT2D eigenvalue weighted by atomic mass is 16.5. The van der Waals surface area contributed by atoms with Gasteiger partial charge in [0, 0.05) is 40.3 Å². The molecule has 0 radical (unpaired) electrons. The van der Waals surface area contributed by atoms with Crippen LogP contribution < -0.4 is 14.8 Å². The van der Waals surface area contributed by atoms with Crippen molar-refractivity contribution < 1.29 is 14.2 Å². The molecule has 170 valence electrons.